The number of para-hydroxylation sites is 4. The summed E-state index contributed by atoms with van der Waals surface area (Å²) >= 11 is 25.5. The number of hydrogen-bond acceptors (Lipinski definition) is 9. The minimum absolute atomic E-state index is 0.00781. The third kappa shape index (κ3) is 12.4. The summed E-state index contributed by atoms with van der Waals surface area (Å²) in [5.41, 5.74) is 9.01. The van der Waals surface area contributed by atoms with Gasteiger partial charge in [0.05, 0.1) is 46.0 Å². The first-order chi connectivity index (χ1) is 36.9. The third-order valence-electron chi connectivity index (χ3n) is 13.6. The Hall–Kier alpha value is -7.47. The lowest BCUT2D eigenvalue weighted by atomic mass is 9.73. The number of Topliss-reactive ketones (excluding diaryl/α,β-unsaturated/α-hetero) is 2. The molecule has 3 N–H and O–H groups in total. The first-order valence-electron chi connectivity index (χ1n) is 25.0. The van der Waals surface area contributed by atoms with E-state index in [2.05, 4.69) is 43.6 Å². The highest BCUT2D eigenvalue weighted by Crippen LogP contribution is 2.51. The van der Waals surface area contributed by atoms with Gasteiger partial charge in [-0.2, -0.15) is 0 Å². The van der Waals surface area contributed by atoms with E-state index in [1.165, 1.54) is 0 Å². The maximum absolute atomic E-state index is 14.1. The van der Waals surface area contributed by atoms with Crippen molar-refractivity contribution in [3.8, 4) is 0 Å². The Morgan fingerprint density at radius 1 is 0.494 bits per heavy atom. The summed E-state index contributed by atoms with van der Waals surface area (Å²) in [5, 5.41) is 12.6. The van der Waals surface area contributed by atoms with E-state index in [0.717, 1.165) is 46.0 Å². The van der Waals surface area contributed by atoms with Crippen LogP contribution in [0.2, 0.25) is 20.1 Å². The summed E-state index contributed by atoms with van der Waals surface area (Å²) in [5.74, 6) is -1.33. The van der Waals surface area contributed by atoms with Crippen LogP contribution in [0.5, 0.6) is 0 Å². The molecule has 4 aliphatic rings. The highest BCUT2D eigenvalue weighted by Gasteiger charge is 2.44. The zero-order valence-corrected chi connectivity index (χ0v) is 45.7. The Labute approximate surface area is 468 Å². The van der Waals surface area contributed by atoms with Crippen LogP contribution in [0, 0.1) is 10.8 Å². The van der Waals surface area contributed by atoms with Crippen LogP contribution < -0.4 is 20.9 Å². The quantitative estimate of drug-likeness (QED) is 0.114. The highest BCUT2D eigenvalue weighted by atomic mass is 35.5. The minimum Gasteiger partial charge on any atom is -0.386 e. The number of carbonyl (C=O) groups is 5. The van der Waals surface area contributed by atoms with Gasteiger partial charge < -0.3 is 20.7 Å². The fourth-order valence-electron chi connectivity index (χ4n) is 10.2. The van der Waals surface area contributed by atoms with E-state index in [-0.39, 0.29) is 34.3 Å². The van der Waals surface area contributed by atoms with Crippen LogP contribution in [0.15, 0.2) is 198 Å². The average molecular weight is 1100 g/mol. The number of benzene rings is 7. The summed E-state index contributed by atoms with van der Waals surface area (Å²) < 4.78 is 4.74. The molecule has 2 aliphatic heterocycles. The standard InChI is InChI=1S/C28H24Cl2N2O2.C21H20Cl2N2O.C14H10O3/c1-28(2)15-22-25(24(33)16-28)26(19-13-12-18(29)14-20(19)30)32(23-11-7-6-10-21(23)31-22)27(34)17-8-4-3-5-9-17;1-21(2)10-17-19(18(26)11-21)20(13-8-7-12(22)9-14(13)23)25-16-6-4-3-5-15(16)24-17;15-13(11-7-3-1-4-8-11)17-14(16)12-9-5-2-6-10-12/h3-14,26,31H,15-16H2,1-2H3;3-9,20,24-25H,10-11H2,1-2H3;1-10H. The molecule has 0 saturated heterocycles. The Balaban J connectivity index is 0.000000149. The zero-order chi connectivity index (χ0) is 54.6. The number of nitrogens with one attached hydrogen (secondary N) is 3. The molecule has 7 aromatic rings. The maximum Gasteiger partial charge on any atom is 0.346 e. The van der Waals surface area contributed by atoms with Gasteiger partial charge in [0.2, 0.25) is 0 Å². The Morgan fingerprint density at radius 3 is 1.45 bits per heavy atom. The molecule has 2 heterocycles. The molecule has 0 aromatic heterocycles. The number of ketones is 2. The van der Waals surface area contributed by atoms with E-state index in [4.69, 9.17) is 51.1 Å². The van der Waals surface area contributed by atoms with Crippen molar-refractivity contribution >= 4 is 98.6 Å². The van der Waals surface area contributed by atoms with E-state index in [1.54, 1.807) is 95.9 Å². The molecular weight excluding hydrogens is 1050 g/mol. The number of ether oxygens (including phenoxy) is 1. The molecule has 390 valence electrons. The zero-order valence-electron chi connectivity index (χ0n) is 42.6. The van der Waals surface area contributed by atoms with Crippen molar-refractivity contribution in [3.63, 3.8) is 0 Å². The van der Waals surface area contributed by atoms with E-state index < -0.39 is 18.0 Å². The lowest BCUT2D eigenvalue weighted by Crippen LogP contribution is -2.39. The van der Waals surface area contributed by atoms with Crippen molar-refractivity contribution in [1.29, 1.82) is 0 Å². The van der Waals surface area contributed by atoms with E-state index in [0.29, 0.717) is 72.9 Å². The number of fused-ring (bicyclic) bond motifs is 2. The van der Waals surface area contributed by atoms with Crippen molar-refractivity contribution in [2.45, 2.75) is 65.5 Å². The monoisotopic (exact) mass is 1100 g/mol. The number of hydrogen-bond donors (Lipinski definition) is 3. The first kappa shape index (κ1) is 54.3. The van der Waals surface area contributed by atoms with Crippen molar-refractivity contribution in [1.82, 2.24) is 0 Å². The van der Waals surface area contributed by atoms with Crippen LogP contribution >= 0.6 is 46.4 Å². The molecule has 77 heavy (non-hydrogen) atoms. The van der Waals surface area contributed by atoms with Crippen LogP contribution in [0.25, 0.3) is 0 Å². The van der Waals surface area contributed by atoms with Gasteiger partial charge >= 0.3 is 11.9 Å². The number of anilines is 4. The van der Waals surface area contributed by atoms with Gasteiger partial charge in [0.1, 0.15) is 0 Å². The maximum atomic E-state index is 14.1. The van der Waals surface area contributed by atoms with Gasteiger partial charge in [0, 0.05) is 61.0 Å². The van der Waals surface area contributed by atoms with Gasteiger partial charge in [-0.05, 0) is 120 Å². The fourth-order valence-corrected chi connectivity index (χ4v) is 11.2. The van der Waals surface area contributed by atoms with Crippen LogP contribution in [0.1, 0.15) is 108 Å². The van der Waals surface area contributed by atoms with E-state index >= 15 is 0 Å². The SMILES string of the molecule is CC1(C)CC(=O)C2=C(C1)Nc1ccccc1N(C(=O)c1ccccc1)C2c1ccc(Cl)cc1Cl.CC1(C)CC(=O)C2=C(C1)Nc1ccccc1NC2c1ccc(Cl)cc1Cl.O=C(OC(=O)c1ccccc1)c1ccccc1. The largest absolute Gasteiger partial charge is 0.386 e. The molecule has 2 unspecified atom stereocenters. The van der Waals surface area contributed by atoms with Crippen LogP contribution in [0.3, 0.4) is 0 Å². The number of halogens is 4. The van der Waals surface area contributed by atoms with Gasteiger partial charge in [-0.3, -0.25) is 19.3 Å². The van der Waals surface area contributed by atoms with Crippen LogP contribution in [-0.2, 0) is 14.3 Å². The molecule has 2 aliphatic carbocycles. The predicted octanol–water partition coefficient (Wildman–Crippen LogP) is 16.3. The summed E-state index contributed by atoms with van der Waals surface area (Å²) in [7, 11) is 0. The van der Waals surface area contributed by atoms with Crippen molar-refractivity contribution in [3.05, 3.63) is 246 Å². The Morgan fingerprint density at radius 2 is 0.922 bits per heavy atom. The average Bonchev–Trinajstić information content (AvgIpc) is 3.80. The summed E-state index contributed by atoms with van der Waals surface area (Å²) in [6.45, 7) is 8.43. The predicted molar refractivity (Wildman–Crippen MR) is 308 cm³/mol. The van der Waals surface area contributed by atoms with Gasteiger partial charge in [0.15, 0.2) is 11.6 Å². The molecule has 11 rings (SSSR count). The number of amides is 1. The second-order valence-electron chi connectivity index (χ2n) is 20.7. The second kappa shape index (κ2) is 23.0. The van der Waals surface area contributed by atoms with Gasteiger partial charge in [-0.1, -0.05) is 165 Å². The number of nitrogens with zero attached hydrogens (tertiary/aromatic N) is 1. The molecule has 0 bridgehead atoms. The van der Waals surface area contributed by atoms with Gasteiger partial charge in [-0.25, -0.2) is 9.59 Å². The molecule has 0 saturated carbocycles. The summed E-state index contributed by atoms with van der Waals surface area (Å²) in [4.78, 5) is 65.8. The molecule has 0 fully saturated rings. The van der Waals surface area contributed by atoms with Gasteiger partial charge in [0.25, 0.3) is 5.91 Å². The molecule has 10 nitrogen and oxygen atoms in total. The molecule has 2 atom stereocenters. The Kier molecular flexibility index (Phi) is 16.2. The molecule has 7 aromatic carbocycles. The van der Waals surface area contributed by atoms with Gasteiger partial charge in [-0.15, -0.1) is 0 Å². The van der Waals surface area contributed by atoms with Crippen LogP contribution in [0.4, 0.5) is 22.7 Å². The first-order valence-corrected chi connectivity index (χ1v) is 26.5. The molecule has 0 spiro atoms. The van der Waals surface area contributed by atoms with E-state index in [1.807, 2.05) is 84.9 Å². The smallest absolute Gasteiger partial charge is 0.346 e. The number of allylic oxidation sites excluding steroid dienone is 2. The minimum atomic E-state index is -0.702. The molecule has 0 radical (unpaired) electrons. The van der Waals surface area contributed by atoms with Crippen molar-refractivity contribution < 1.29 is 28.7 Å². The number of rotatable bonds is 5. The Bertz CT molecular complexity index is 3440. The summed E-state index contributed by atoms with van der Waals surface area (Å²) in [6, 6.07) is 51.2. The van der Waals surface area contributed by atoms with Crippen molar-refractivity contribution in [2.24, 2.45) is 10.8 Å². The van der Waals surface area contributed by atoms with E-state index in [9.17, 15) is 24.0 Å². The highest BCUT2D eigenvalue weighted by molar-refractivity contribution is 6.36. The lowest BCUT2D eigenvalue weighted by Gasteiger charge is -2.37. The topological polar surface area (TPSA) is 134 Å². The molecule has 14 heteroatoms. The molecule has 1 amide bonds. The normalized spacial score (nSPS) is 17.7. The third-order valence-corrected chi connectivity index (χ3v) is 14.7. The second-order valence-corrected chi connectivity index (χ2v) is 22.4. The van der Waals surface area contributed by atoms with Crippen molar-refractivity contribution in [2.75, 3.05) is 20.9 Å². The van der Waals surface area contributed by atoms with Crippen LogP contribution in [-0.4, -0.2) is 29.4 Å². The summed E-state index contributed by atoms with van der Waals surface area (Å²) in [6.07, 6.45) is 2.40. The number of carbonyl (C=O) groups excluding carboxylic acids is 5. The fraction of sp³-hybridized carbons (Fsp3) is 0.190. The number of esters is 2. The lowest BCUT2D eigenvalue weighted by molar-refractivity contribution is -0.119. The molecular formula is C63H54Cl4N4O6.